The Bertz CT molecular complexity index is 4640. The number of nitrogens with zero attached hydrogens (tertiary/aromatic N) is 16. The molecule has 2 bridgehead atoms. The number of rotatable bonds is 16. The molecule has 45 heteroatoms. The minimum absolute atomic E-state index is 0. The van der Waals surface area contributed by atoms with Crippen molar-refractivity contribution in [2.24, 2.45) is 0 Å². The molecule has 105 heavy (non-hydrogen) atoms. The van der Waals surface area contributed by atoms with Crippen molar-refractivity contribution in [1.29, 1.82) is 0 Å². The molecule has 12 fully saturated rings. The first-order chi connectivity index (χ1) is 47.2. The largest absolute Gasteiger partial charge is 1.00 e. The van der Waals surface area contributed by atoms with Gasteiger partial charge in [-0.15, -0.1) is 0 Å². The zero-order valence-electron chi connectivity index (χ0n) is 58.8. The van der Waals surface area contributed by atoms with Gasteiger partial charge in [-0.2, -0.15) is 0 Å². The van der Waals surface area contributed by atoms with Crippen molar-refractivity contribution in [3.8, 4) is 0 Å². The minimum Gasteiger partial charge on any atom is -0.748 e. The third-order valence-electron chi connectivity index (χ3n) is 25.1. The molecule has 1 N–H and O–H groups in total. The second-order valence-electron chi connectivity index (χ2n) is 29.0. The minimum atomic E-state index is -4.78. The molecule has 0 aliphatic carbocycles. The molecule has 4 aromatic rings. The quantitative estimate of drug-likeness (QED) is 0.0804. The van der Waals surface area contributed by atoms with E-state index >= 15 is 38.4 Å². The summed E-state index contributed by atoms with van der Waals surface area (Å²) in [6, 6.07) is 6.96. The summed E-state index contributed by atoms with van der Waals surface area (Å²) in [5, 5.41) is 5.44. The van der Waals surface area contributed by atoms with Gasteiger partial charge in [0.15, 0.2) is 34.0 Å². The predicted octanol–water partition coefficient (Wildman–Crippen LogP) is -10.4. The third kappa shape index (κ3) is 8.75. The summed E-state index contributed by atoms with van der Waals surface area (Å²) in [7, 11) is -19.1. The molecule has 14 aliphatic heterocycles. The average molecular weight is 1560 g/mol. The van der Waals surface area contributed by atoms with Gasteiger partial charge in [0, 0.05) is 23.0 Å². The van der Waals surface area contributed by atoms with E-state index in [4.69, 9.17) is 0 Å². The number of benzene rings is 4. The molecule has 2 spiro atoms. The number of urea groups is 8. The molecule has 18 rings (SSSR count). The van der Waals surface area contributed by atoms with E-state index in [1.54, 1.807) is 90.1 Å². The van der Waals surface area contributed by atoms with Crippen molar-refractivity contribution >= 4 is 133 Å². The van der Waals surface area contributed by atoms with Crippen LogP contribution in [0, 0.1) is 0 Å². The Balaban J connectivity index is 0.00000232. The SMILES string of the molecule is CC12N3CN4C(=O)N5CN6C(=O)N7CN8C(=O)N9c%10c(c(CCCS(=O)(=O)[O-])c%11ccccc%11c%10CCCS(=O)(=O)[O-])N%10C(=O)N(CN%11C(=O)N%12CN%13C(=O)N(CN1C(=O)N1c%14c(c(CCCS(=O)(=O)[O-])c%15ccccc%15c%14CCCS(=O)(=O)[O-])N(C3=O)C12C)C4(C)C5%13NC6%12C7%11C)C8(C)C9%10C.[Na+].[Na+].[Na+].[Na+]. The Hall–Kier alpha value is -4.84. The molecule has 16 amide bonds. The smallest absolute Gasteiger partial charge is 0.748 e. The summed E-state index contributed by atoms with van der Waals surface area (Å²) in [6.07, 6.45) is -1.48. The Morgan fingerprint density at radius 3 is 0.695 bits per heavy atom. The monoisotopic (exact) mass is 1560 g/mol. The Morgan fingerprint density at radius 2 is 0.495 bits per heavy atom. The van der Waals surface area contributed by atoms with Crippen LogP contribution in [0.2, 0.25) is 0 Å². The van der Waals surface area contributed by atoms with Crippen molar-refractivity contribution in [1.82, 2.24) is 64.1 Å². The Kier molecular flexibility index (Phi) is 17.1. The maximum absolute atomic E-state index is 16.2. The van der Waals surface area contributed by atoms with Crippen LogP contribution in [-0.4, -0.2) is 268 Å². The fourth-order valence-corrected chi connectivity index (χ4v) is 22.4. The van der Waals surface area contributed by atoms with Crippen LogP contribution in [0.5, 0.6) is 0 Å². The first kappa shape index (κ1) is 76.9. The van der Waals surface area contributed by atoms with E-state index in [-0.39, 0.29) is 192 Å². The number of nitrogens with one attached hydrogen (secondary N) is 1. The molecule has 536 valence electrons. The van der Waals surface area contributed by atoms with E-state index in [2.05, 4.69) is 5.32 Å². The van der Waals surface area contributed by atoms with Gasteiger partial charge in [-0.05, 0) is 137 Å². The Labute approximate surface area is 690 Å². The summed E-state index contributed by atoms with van der Waals surface area (Å²) < 4.78 is 146. The fraction of sp³-hybridized carbons (Fsp3) is 0.533. The second-order valence-corrected chi connectivity index (χ2v) is 35.1. The first-order valence-electron chi connectivity index (χ1n) is 32.7. The molecular weight excluding hydrogens is 1500 g/mol. The topological polar surface area (TPSA) is 429 Å². The molecule has 0 atom stereocenters. The summed E-state index contributed by atoms with van der Waals surface area (Å²) in [4.78, 5) is 151. The van der Waals surface area contributed by atoms with E-state index in [1.807, 2.05) is 0 Å². The standard InChI is InChI=1S/C60H67N17O20S4.4Na/c1-53-55(3)74-41-37(19-11-23-98(86,87)88)33-15-7-8-16-34(33)38(20-12-24-99(89,90)91)42(41)75(55)50(83)67(53)28-63-46(79)71-32-73-48(81)65-30-69-52(85)77-44-40(22-14-26-101(95,96)97)36-18-10-9-17-35(36)39(21-13-25-100(92,93)94)43(44)76-51(84)68(54(69,2)56(76,77)4)29-64-47(80)72-31-70-45(78)62(27-66(53)49(74)82)57(63,5)59(70,71)61-60(72,73)58(64,65)6;;;;/h7-10,15-18,61H,11-14,19-32H2,1-6H3,(H,86,87,88)(H,89,90,91)(H,92,93,94)(H,95,96,97);;;;/q;4*+1/p-4. The summed E-state index contributed by atoms with van der Waals surface area (Å²) in [5.74, 6) is -7.53. The van der Waals surface area contributed by atoms with Gasteiger partial charge in [0.1, 0.15) is 40.0 Å². The number of hydrogen-bond donors (Lipinski definition) is 1. The molecule has 0 unspecified atom stereocenters. The van der Waals surface area contributed by atoms with Crippen LogP contribution in [0.1, 0.15) is 89.5 Å². The fourth-order valence-electron chi connectivity index (χ4n) is 20.4. The van der Waals surface area contributed by atoms with E-state index in [0.29, 0.717) is 43.8 Å². The maximum atomic E-state index is 16.2. The Morgan fingerprint density at radius 1 is 0.305 bits per heavy atom. The van der Waals surface area contributed by atoms with Crippen LogP contribution in [0.3, 0.4) is 0 Å². The molecule has 14 aliphatic rings. The van der Waals surface area contributed by atoms with Gasteiger partial charge in [0.25, 0.3) is 0 Å². The van der Waals surface area contributed by atoms with Gasteiger partial charge in [-0.1, -0.05) is 48.5 Å². The van der Waals surface area contributed by atoms with Gasteiger partial charge < -0.3 is 18.2 Å². The van der Waals surface area contributed by atoms with Crippen LogP contribution in [0.15, 0.2) is 48.5 Å². The van der Waals surface area contributed by atoms with E-state index in [9.17, 15) is 51.9 Å². The van der Waals surface area contributed by atoms with Crippen LogP contribution in [-0.2, 0) is 66.2 Å². The van der Waals surface area contributed by atoms with Crippen molar-refractivity contribution in [2.45, 2.75) is 138 Å². The molecule has 4 aromatic carbocycles. The number of carbonyl (C=O) groups is 8. The summed E-state index contributed by atoms with van der Waals surface area (Å²) >= 11 is 0. The molecule has 0 saturated carbocycles. The number of fused-ring (bicyclic) bond motifs is 8. The van der Waals surface area contributed by atoms with Crippen molar-refractivity contribution in [3.63, 3.8) is 0 Å². The normalized spacial score (nSPS) is 30.9. The zero-order chi connectivity index (χ0) is 71.9. The predicted molar refractivity (Wildman–Crippen MR) is 343 cm³/mol. The van der Waals surface area contributed by atoms with Gasteiger partial charge in [0.05, 0.1) is 63.2 Å². The van der Waals surface area contributed by atoms with Gasteiger partial charge in [-0.3, -0.25) is 78.4 Å². The molecule has 0 radical (unpaired) electrons. The number of carbonyl (C=O) groups excluding carboxylic acids is 8. The average Bonchev–Trinajstić information content (AvgIpc) is 1.44. The van der Waals surface area contributed by atoms with Crippen molar-refractivity contribution in [3.05, 3.63) is 70.8 Å². The van der Waals surface area contributed by atoms with Gasteiger partial charge >= 0.3 is 166 Å². The number of hydrogen-bond acceptors (Lipinski definition) is 21. The van der Waals surface area contributed by atoms with Crippen LogP contribution < -0.4 is 143 Å². The van der Waals surface area contributed by atoms with Crippen LogP contribution >= 0.6 is 0 Å². The third-order valence-corrected chi connectivity index (χ3v) is 28.3. The van der Waals surface area contributed by atoms with E-state index < -0.39 is 197 Å². The van der Waals surface area contributed by atoms with Crippen molar-refractivity contribution in [2.75, 3.05) is 82.6 Å². The molecule has 37 nitrogen and oxygen atoms in total. The molecule has 14 heterocycles. The summed E-state index contributed by atoms with van der Waals surface area (Å²) in [5.41, 5.74) is -9.55. The second kappa shape index (κ2) is 23.4. The maximum Gasteiger partial charge on any atom is 1.00 e. The van der Waals surface area contributed by atoms with Gasteiger partial charge in [0.2, 0.25) is 11.6 Å². The van der Waals surface area contributed by atoms with Crippen LogP contribution in [0.4, 0.5) is 61.1 Å². The molecular formula is C60H63N17Na4O20S4. The van der Waals surface area contributed by atoms with Crippen LogP contribution in [0.25, 0.3) is 21.5 Å². The van der Waals surface area contributed by atoms with Gasteiger partial charge in [-0.25, -0.2) is 77.3 Å². The molecule has 12 saturated heterocycles. The van der Waals surface area contributed by atoms with E-state index in [0.717, 1.165) is 0 Å². The first-order valence-corrected chi connectivity index (χ1v) is 39.0. The number of amides is 16. The number of aryl methyl sites for hydroxylation is 4. The van der Waals surface area contributed by atoms with E-state index in [1.165, 1.54) is 78.4 Å². The van der Waals surface area contributed by atoms with Crippen molar-refractivity contribution < 1.29 is 208 Å². The number of anilines is 4. The zero-order valence-corrected chi connectivity index (χ0v) is 70.1. The summed E-state index contributed by atoms with van der Waals surface area (Å²) in [6.45, 7) is 5.39. The molecule has 0 aromatic heterocycles.